The fourth-order valence-electron chi connectivity index (χ4n) is 3.81. The first-order valence-electron chi connectivity index (χ1n) is 11.0. The number of benzene rings is 2. The Bertz CT molecular complexity index is 919. The van der Waals surface area contributed by atoms with E-state index in [4.69, 9.17) is 0 Å². The van der Waals surface area contributed by atoms with Crippen molar-refractivity contribution in [1.82, 2.24) is 21.1 Å². The Balaban J connectivity index is 1.48. The number of halogens is 1. The van der Waals surface area contributed by atoms with E-state index in [0.29, 0.717) is 17.8 Å². The number of rotatable bonds is 8. The maximum atomic E-state index is 13.1. The van der Waals surface area contributed by atoms with E-state index in [0.717, 1.165) is 24.8 Å². The molecule has 8 heteroatoms. The highest BCUT2D eigenvalue weighted by molar-refractivity contribution is 6.03. The number of hydrazine groups is 1. The van der Waals surface area contributed by atoms with Gasteiger partial charge in [0.25, 0.3) is 5.91 Å². The third-order valence-electron chi connectivity index (χ3n) is 5.47. The van der Waals surface area contributed by atoms with Gasteiger partial charge in [0, 0.05) is 31.7 Å². The number of hydrogen-bond acceptors (Lipinski definition) is 4. The molecule has 1 aliphatic rings. The van der Waals surface area contributed by atoms with Gasteiger partial charge in [0.05, 0.1) is 11.3 Å². The highest BCUT2D eigenvalue weighted by Gasteiger charge is 2.25. The maximum Gasteiger partial charge on any atom is 0.319 e. The molecule has 4 N–H and O–H groups in total. The summed E-state index contributed by atoms with van der Waals surface area (Å²) in [7, 11) is 1.77. The van der Waals surface area contributed by atoms with E-state index in [2.05, 4.69) is 21.5 Å². The predicted molar refractivity (Wildman–Crippen MR) is 124 cm³/mol. The zero-order chi connectivity index (χ0) is 23.1. The summed E-state index contributed by atoms with van der Waals surface area (Å²) in [6.45, 7) is 4.35. The summed E-state index contributed by atoms with van der Waals surface area (Å²) in [5.74, 6) is -0.367. The van der Waals surface area contributed by atoms with Gasteiger partial charge >= 0.3 is 6.03 Å². The van der Waals surface area contributed by atoms with Crippen molar-refractivity contribution >= 4 is 17.6 Å². The molecule has 0 bridgehead atoms. The first kappa shape index (κ1) is 23.7. The van der Waals surface area contributed by atoms with Crippen LogP contribution in [0, 0.1) is 5.82 Å². The Labute approximate surface area is 188 Å². The lowest BCUT2D eigenvalue weighted by molar-refractivity contribution is 0.0792. The summed E-state index contributed by atoms with van der Waals surface area (Å²) in [6.07, 6.45) is 2.64. The number of amides is 3. The quantitative estimate of drug-likeness (QED) is 0.502. The minimum absolute atomic E-state index is 0.00174. The average Bonchev–Trinajstić information content (AvgIpc) is 3.22. The van der Waals surface area contributed by atoms with Crippen LogP contribution in [0.3, 0.4) is 0 Å². The Morgan fingerprint density at radius 3 is 2.56 bits per heavy atom. The van der Waals surface area contributed by atoms with Crippen molar-refractivity contribution in [2.45, 2.75) is 51.2 Å². The van der Waals surface area contributed by atoms with Gasteiger partial charge in [-0.1, -0.05) is 24.3 Å². The van der Waals surface area contributed by atoms with E-state index in [1.165, 1.54) is 12.1 Å². The lowest BCUT2D eigenvalue weighted by Gasteiger charge is -2.20. The summed E-state index contributed by atoms with van der Waals surface area (Å²) in [5.41, 5.74) is 8.58. The normalized spacial score (nSPS) is 17.9. The average molecular weight is 442 g/mol. The van der Waals surface area contributed by atoms with Crippen molar-refractivity contribution in [1.29, 1.82) is 0 Å². The molecule has 1 aliphatic heterocycles. The Morgan fingerprint density at radius 1 is 1.12 bits per heavy atom. The molecule has 1 saturated heterocycles. The van der Waals surface area contributed by atoms with Crippen LogP contribution in [0.2, 0.25) is 0 Å². The third kappa shape index (κ3) is 6.51. The van der Waals surface area contributed by atoms with Gasteiger partial charge in [-0.3, -0.25) is 15.6 Å². The molecule has 3 rings (SSSR count). The predicted octanol–water partition coefficient (Wildman–Crippen LogP) is 3.82. The molecule has 2 aromatic rings. The summed E-state index contributed by atoms with van der Waals surface area (Å²) >= 11 is 0. The molecule has 3 amide bonds. The minimum Gasteiger partial charge on any atom is -0.342 e. The van der Waals surface area contributed by atoms with Gasteiger partial charge in [-0.25, -0.2) is 9.18 Å². The van der Waals surface area contributed by atoms with Crippen LogP contribution in [-0.2, 0) is 0 Å². The van der Waals surface area contributed by atoms with Crippen LogP contribution in [0.15, 0.2) is 48.5 Å². The standard InChI is InChI=1S/C24H32FN5O2/c1-16(2)26-24(32)27-21-9-5-4-8-20(21)23(31)30(3)14-6-7-19-15-22(29-28-19)17-10-12-18(25)13-11-17/h4-5,8-13,16,19,22,28-29H,6-7,14-15H2,1-3H3,(H2,26,27,32). The fourth-order valence-corrected chi connectivity index (χ4v) is 3.81. The van der Waals surface area contributed by atoms with Gasteiger partial charge in [-0.15, -0.1) is 0 Å². The molecule has 1 heterocycles. The minimum atomic E-state index is -0.335. The molecule has 2 unspecified atom stereocenters. The SMILES string of the molecule is CC(C)NC(=O)Nc1ccccc1C(=O)N(C)CCCC1CC(c2ccc(F)cc2)NN1. The second-order valence-electron chi connectivity index (χ2n) is 8.49. The van der Waals surface area contributed by atoms with Crippen LogP contribution < -0.4 is 21.5 Å². The molecular formula is C24H32FN5O2. The van der Waals surface area contributed by atoms with E-state index in [9.17, 15) is 14.0 Å². The first-order chi connectivity index (χ1) is 15.3. The lowest BCUT2D eigenvalue weighted by atomic mass is 9.99. The Kier molecular flexibility index (Phi) is 8.19. The number of nitrogens with zero attached hydrogens (tertiary/aromatic N) is 1. The van der Waals surface area contributed by atoms with Crippen LogP contribution in [0.5, 0.6) is 0 Å². The largest absolute Gasteiger partial charge is 0.342 e. The number of carbonyl (C=O) groups is 2. The molecule has 32 heavy (non-hydrogen) atoms. The van der Waals surface area contributed by atoms with Crippen molar-refractivity contribution in [3.63, 3.8) is 0 Å². The van der Waals surface area contributed by atoms with Crippen LogP contribution in [0.1, 0.15) is 55.1 Å². The molecule has 0 radical (unpaired) electrons. The number of anilines is 1. The van der Waals surface area contributed by atoms with Crippen molar-refractivity contribution < 1.29 is 14.0 Å². The van der Waals surface area contributed by atoms with Crippen LogP contribution in [-0.4, -0.2) is 42.5 Å². The molecule has 1 fully saturated rings. The molecule has 0 aliphatic carbocycles. The Hall–Kier alpha value is -2.97. The van der Waals surface area contributed by atoms with Crippen molar-refractivity contribution in [3.8, 4) is 0 Å². The third-order valence-corrected chi connectivity index (χ3v) is 5.47. The topological polar surface area (TPSA) is 85.5 Å². The van der Waals surface area contributed by atoms with Gasteiger partial charge < -0.3 is 15.5 Å². The zero-order valence-corrected chi connectivity index (χ0v) is 18.8. The van der Waals surface area contributed by atoms with E-state index in [1.807, 2.05) is 13.8 Å². The number of nitrogens with one attached hydrogen (secondary N) is 4. The van der Waals surface area contributed by atoms with Crippen LogP contribution in [0.25, 0.3) is 0 Å². The van der Waals surface area contributed by atoms with E-state index in [1.54, 1.807) is 48.3 Å². The molecular weight excluding hydrogens is 409 g/mol. The number of hydrogen-bond donors (Lipinski definition) is 4. The van der Waals surface area contributed by atoms with Gasteiger partial charge in [-0.2, -0.15) is 0 Å². The van der Waals surface area contributed by atoms with Crippen LogP contribution in [0.4, 0.5) is 14.9 Å². The number of para-hydroxylation sites is 1. The van der Waals surface area contributed by atoms with Gasteiger partial charge in [0.2, 0.25) is 0 Å². The number of carbonyl (C=O) groups excluding carboxylic acids is 2. The molecule has 2 aromatic carbocycles. The second-order valence-corrected chi connectivity index (χ2v) is 8.49. The monoisotopic (exact) mass is 441 g/mol. The van der Waals surface area contributed by atoms with E-state index in [-0.39, 0.29) is 35.9 Å². The summed E-state index contributed by atoms with van der Waals surface area (Å²) < 4.78 is 13.1. The molecule has 2 atom stereocenters. The van der Waals surface area contributed by atoms with E-state index < -0.39 is 0 Å². The molecule has 0 saturated carbocycles. The lowest BCUT2D eigenvalue weighted by Crippen LogP contribution is -2.35. The Morgan fingerprint density at radius 2 is 1.84 bits per heavy atom. The zero-order valence-electron chi connectivity index (χ0n) is 18.8. The first-order valence-corrected chi connectivity index (χ1v) is 11.0. The molecule has 0 aromatic heterocycles. The van der Waals surface area contributed by atoms with Gasteiger partial charge in [0.1, 0.15) is 5.82 Å². The molecule has 0 spiro atoms. The maximum absolute atomic E-state index is 13.1. The summed E-state index contributed by atoms with van der Waals surface area (Å²) in [5, 5.41) is 5.53. The smallest absolute Gasteiger partial charge is 0.319 e. The van der Waals surface area contributed by atoms with Gasteiger partial charge in [0.15, 0.2) is 0 Å². The number of urea groups is 1. The fraction of sp³-hybridized carbons (Fsp3) is 0.417. The van der Waals surface area contributed by atoms with Crippen molar-refractivity contribution in [3.05, 3.63) is 65.5 Å². The van der Waals surface area contributed by atoms with E-state index >= 15 is 0 Å². The highest BCUT2D eigenvalue weighted by atomic mass is 19.1. The highest BCUT2D eigenvalue weighted by Crippen LogP contribution is 2.24. The van der Waals surface area contributed by atoms with Crippen LogP contribution >= 0.6 is 0 Å². The summed E-state index contributed by atoms with van der Waals surface area (Å²) in [4.78, 5) is 26.7. The second kappa shape index (κ2) is 11.1. The molecule has 7 nitrogen and oxygen atoms in total. The molecule has 172 valence electrons. The van der Waals surface area contributed by atoms with Gasteiger partial charge in [-0.05, 0) is 62.9 Å². The summed E-state index contributed by atoms with van der Waals surface area (Å²) in [6, 6.07) is 13.7. The van der Waals surface area contributed by atoms with Crippen molar-refractivity contribution in [2.24, 2.45) is 0 Å². The van der Waals surface area contributed by atoms with Crippen molar-refractivity contribution in [2.75, 3.05) is 18.9 Å².